The topological polar surface area (TPSA) is 47.9 Å². The van der Waals surface area contributed by atoms with Gasteiger partial charge >= 0.3 is 0 Å². The molecular weight excluding hydrogens is 294 g/mol. The lowest BCUT2D eigenvalue weighted by Crippen LogP contribution is -2.43. The molecule has 0 heterocycles. The molecule has 1 aromatic carbocycles. The Labute approximate surface area is 125 Å². The van der Waals surface area contributed by atoms with Gasteiger partial charge in [0.1, 0.15) is 5.75 Å². The van der Waals surface area contributed by atoms with Crippen LogP contribution < -0.4 is 9.16 Å². The van der Waals surface area contributed by atoms with Gasteiger partial charge in [-0.1, -0.05) is 32.4 Å². The zero-order valence-corrected chi connectivity index (χ0v) is 14.5. The summed E-state index contributed by atoms with van der Waals surface area (Å²) in [4.78, 5) is 13.9. The normalized spacial score (nSPS) is 11.8. The predicted molar refractivity (Wildman–Crippen MR) is 83.6 cm³/mol. The molecule has 1 rings (SSSR count). The van der Waals surface area contributed by atoms with Gasteiger partial charge in [0.25, 0.3) is 8.32 Å². The second-order valence-corrected chi connectivity index (χ2v) is 11.2. The maximum Gasteiger partial charge on any atom is 0.250 e. The highest BCUT2D eigenvalue weighted by Crippen LogP contribution is 2.43. The van der Waals surface area contributed by atoms with Crippen LogP contribution in [0.4, 0.5) is 5.69 Å². The second-order valence-electron chi connectivity index (χ2n) is 6.02. The van der Waals surface area contributed by atoms with Crippen LogP contribution in [0.1, 0.15) is 20.8 Å². The Bertz CT molecular complexity index is 546. The van der Waals surface area contributed by atoms with E-state index in [2.05, 4.69) is 38.9 Å². The summed E-state index contributed by atoms with van der Waals surface area (Å²) in [6.45, 7) is 10.7. The summed E-state index contributed by atoms with van der Waals surface area (Å²) in [5.74, 6) is 1.09. The van der Waals surface area contributed by atoms with Gasteiger partial charge in [0.2, 0.25) is 6.08 Å². The fourth-order valence-corrected chi connectivity index (χ4v) is 2.54. The molecule has 0 radical (unpaired) electrons. The molecule has 110 valence electrons. The molecule has 0 atom stereocenters. The van der Waals surface area contributed by atoms with Gasteiger partial charge in [0.15, 0.2) is 5.75 Å². The molecule has 0 aliphatic heterocycles. The van der Waals surface area contributed by atoms with Gasteiger partial charge in [0.05, 0.1) is 17.8 Å². The number of hydrogen-bond acceptors (Lipinski definition) is 4. The minimum absolute atomic E-state index is 0.0596. The number of isocyanates is 1. The van der Waals surface area contributed by atoms with Crippen molar-refractivity contribution in [1.29, 1.82) is 0 Å². The molecule has 0 amide bonds. The summed E-state index contributed by atoms with van der Waals surface area (Å²) in [5, 5.41) is 0.396. The van der Waals surface area contributed by atoms with Crippen molar-refractivity contribution in [2.24, 2.45) is 4.99 Å². The first-order valence-corrected chi connectivity index (χ1v) is 9.55. The van der Waals surface area contributed by atoms with Crippen LogP contribution in [0.25, 0.3) is 0 Å². The molecule has 0 aromatic heterocycles. The summed E-state index contributed by atoms with van der Waals surface area (Å²) in [5.41, 5.74) is 0.320. The third-order valence-corrected chi connectivity index (χ3v) is 8.22. The number of methoxy groups -OCH3 is 1. The number of carbonyl (C=O) groups excluding carboxylic acids is 1. The van der Waals surface area contributed by atoms with Crippen LogP contribution in [-0.4, -0.2) is 21.5 Å². The molecule has 1 aromatic rings. The summed E-state index contributed by atoms with van der Waals surface area (Å²) in [6.07, 6.45) is 1.47. The highest BCUT2D eigenvalue weighted by molar-refractivity contribution is 6.74. The Balaban J connectivity index is 3.26. The average molecular weight is 314 g/mol. The van der Waals surface area contributed by atoms with E-state index >= 15 is 0 Å². The van der Waals surface area contributed by atoms with Crippen molar-refractivity contribution in [3.8, 4) is 11.5 Å². The molecular formula is C14H20ClNO3Si. The summed E-state index contributed by atoms with van der Waals surface area (Å²) in [6, 6.07) is 3.22. The van der Waals surface area contributed by atoms with Gasteiger partial charge in [-0.3, -0.25) is 0 Å². The number of rotatable bonds is 4. The molecule has 0 fully saturated rings. The summed E-state index contributed by atoms with van der Waals surface area (Å²) in [7, 11) is -0.461. The average Bonchev–Trinajstić information content (AvgIpc) is 2.30. The molecule has 0 saturated heterocycles. The SMILES string of the molecule is COc1cc(N=C=O)c(Cl)cc1O[Si](C)(C)C(C)(C)C. The quantitative estimate of drug-likeness (QED) is 0.460. The fraction of sp³-hybridized carbons (Fsp3) is 0.500. The first kappa shape index (κ1) is 16.8. The smallest absolute Gasteiger partial charge is 0.250 e. The highest BCUT2D eigenvalue weighted by atomic mass is 35.5. The summed E-state index contributed by atoms with van der Waals surface area (Å²) < 4.78 is 11.5. The molecule has 0 bridgehead atoms. The maximum absolute atomic E-state index is 10.4. The van der Waals surface area contributed by atoms with E-state index in [4.69, 9.17) is 20.8 Å². The number of hydrogen-bond donors (Lipinski definition) is 0. The number of aliphatic imine (C=N–C) groups is 1. The Kier molecular flexibility index (Phi) is 5.03. The molecule has 0 aliphatic carbocycles. The minimum Gasteiger partial charge on any atom is -0.541 e. The van der Waals surface area contributed by atoms with Crippen molar-refractivity contribution in [2.45, 2.75) is 38.9 Å². The van der Waals surface area contributed by atoms with Crippen molar-refractivity contribution in [2.75, 3.05) is 7.11 Å². The molecule has 0 N–H and O–H groups in total. The zero-order chi connectivity index (χ0) is 15.6. The van der Waals surface area contributed by atoms with E-state index < -0.39 is 8.32 Å². The van der Waals surface area contributed by atoms with Crippen LogP contribution in [0.3, 0.4) is 0 Å². The van der Waals surface area contributed by atoms with Crippen LogP contribution in [0.15, 0.2) is 17.1 Å². The lowest BCUT2D eigenvalue weighted by molar-refractivity contribution is 0.386. The fourth-order valence-electron chi connectivity index (χ4n) is 1.33. The van der Waals surface area contributed by atoms with E-state index in [9.17, 15) is 4.79 Å². The zero-order valence-electron chi connectivity index (χ0n) is 12.7. The lowest BCUT2D eigenvalue weighted by atomic mass is 10.2. The number of nitrogens with zero attached hydrogens (tertiary/aromatic N) is 1. The Morgan fingerprint density at radius 2 is 1.85 bits per heavy atom. The first-order chi connectivity index (χ1) is 9.12. The lowest BCUT2D eigenvalue weighted by Gasteiger charge is -2.36. The molecule has 4 nitrogen and oxygen atoms in total. The van der Waals surface area contributed by atoms with Gasteiger partial charge in [-0.2, -0.15) is 4.99 Å². The number of ether oxygens (including phenoxy) is 1. The summed E-state index contributed by atoms with van der Waals surface area (Å²) >= 11 is 6.09. The molecule has 6 heteroatoms. The van der Waals surface area contributed by atoms with Crippen molar-refractivity contribution in [3.63, 3.8) is 0 Å². The van der Waals surface area contributed by atoms with Crippen molar-refractivity contribution < 1.29 is 14.0 Å². The highest BCUT2D eigenvalue weighted by Gasteiger charge is 2.39. The van der Waals surface area contributed by atoms with Gasteiger partial charge in [-0.15, -0.1) is 0 Å². The predicted octanol–water partition coefficient (Wildman–Crippen LogP) is 4.70. The molecule has 20 heavy (non-hydrogen) atoms. The second kappa shape index (κ2) is 6.00. The molecule has 0 spiro atoms. The van der Waals surface area contributed by atoms with Gasteiger partial charge in [0, 0.05) is 12.1 Å². The third-order valence-electron chi connectivity index (χ3n) is 3.57. The van der Waals surface area contributed by atoms with E-state index in [0.29, 0.717) is 22.2 Å². The van der Waals surface area contributed by atoms with Crippen LogP contribution in [0, 0.1) is 0 Å². The largest absolute Gasteiger partial charge is 0.541 e. The first-order valence-electron chi connectivity index (χ1n) is 6.27. The Morgan fingerprint density at radius 1 is 1.25 bits per heavy atom. The van der Waals surface area contributed by atoms with Gasteiger partial charge in [-0.05, 0) is 18.1 Å². The van der Waals surface area contributed by atoms with Crippen molar-refractivity contribution in [3.05, 3.63) is 17.2 Å². The van der Waals surface area contributed by atoms with Crippen LogP contribution in [-0.2, 0) is 4.79 Å². The third kappa shape index (κ3) is 3.63. The van der Waals surface area contributed by atoms with E-state index in [1.54, 1.807) is 12.1 Å². The standard InChI is InChI=1S/C14H20ClNO3Si/c1-14(2,3)20(5,6)19-13-7-10(15)11(16-9-17)8-12(13)18-4/h7-8H,1-6H3. The van der Waals surface area contributed by atoms with Gasteiger partial charge in [-0.25, -0.2) is 4.79 Å². The van der Waals surface area contributed by atoms with E-state index in [1.165, 1.54) is 13.2 Å². The Hall–Kier alpha value is -1.29. The van der Waals surface area contributed by atoms with E-state index in [0.717, 1.165) is 0 Å². The minimum atomic E-state index is -2.00. The van der Waals surface area contributed by atoms with Gasteiger partial charge < -0.3 is 9.16 Å². The molecule has 0 unspecified atom stereocenters. The van der Waals surface area contributed by atoms with E-state index in [1.807, 2.05) is 0 Å². The van der Waals surface area contributed by atoms with Crippen LogP contribution in [0.2, 0.25) is 23.2 Å². The van der Waals surface area contributed by atoms with Crippen LogP contribution in [0.5, 0.6) is 11.5 Å². The van der Waals surface area contributed by atoms with Crippen LogP contribution >= 0.6 is 11.6 Å². The van der Waals surface area contributed by atoms with Crippen molar-refractivity contribution >= 4 is 31.7 Å². The van der Waals surface area contributed by atoms with Crippen molar-refractivity contribution in [1.82, 2.24) is 0 Å². The molecule has 0 saturated carbocycles. The van der Waals surface area contributed by atoms with E-state index in [-0.39, 0.29) is 5.04 Å². The maximum atomic E-state index is 10.4. The number of benzene rings is 1. The number of halogens is 1. The monoisotopic (exact) mass is 313 g/mol. The molecule has 0 aliphatic rings. The Morgan fingerprint density at radius 3 is 2.30 bits per heavy atom.